The molecule has 1 aromatic carbocycles. The molecule has 1 N–H and O–H groups in total. The van der Waals surface area contributed by atoms with E-state index in [2.05, 4.69) is 23.7 Å². The Balaban J connectivity index is 2.16. The van der Waals surface area contributed by atoms with Crippen LogP contribution in [0.1, 0.15) is 30.8 Å². The van der Waals surface area contributed by atoms with E-state index in [-0.39, 0.29) is 10.8 Å². The summed E-state index contributed by atoms with van der Waals surface area (Å²) in [5.74, 6) is 0.0375. The standard InChI is InChI=1S/C23H28N4O2S/c1-15(2)14-27-16(3)11-18(17(27)4)12-19(13-24)22(28)25-20-7-9-21(10-8-20)30-23(29)26(5)6/h7-12,15H,14H2,1-6H3,(H,25,28)/b19-12+. The Bertz CT molecular complexity index is 995. The van der Waals surface area contributed by atoms with Crippen LogP contribution in [0.25, 0.3) is 6.08 Å². The lowest BCUT2D eigenvalue weighted by atomic mass is 10.1. The molecule has 1 heterocycles. The van der Waals surface area contributed by atoms with E-state index < -0.39 is 5.91 Å². The summed E-state index contributed by atoms with van der Waals surface area (Å²) in [6.07, 6.45) is 1.63. The first kappa shape index (κ1) is 23.3. The number of aromatic nitrogens is 1. The van der Waals surface area contributed by atoms with Crippen LogP contribution in [0.4, 0.5) is 10.5 Å². The van der Waals surface area contributed by atoms with Gasteiger partial charge in [0.2, 0.25) is 0 Å². The van der Waals surface area contributed by atoms with E-state index in [9.17, 15) is 14.9 Å². The molecule has 2 amide bonds. The summed E-state index contributed by atoms with van der Waals surface area (Å²) >= 11 is 1.11. The molecule has 2 aromatic rings. The average molecular weight is 425 g/mol. The number of aryl methyl sites for hydroxylation is 1. The summed E-state index contributed by atoms with van der Waals surface area (Å²) in [7, 11) is 3.39. The van der Waals surface area contributed by atoms with Gasteiger partial charge in [0.1, 0.15) is 11.6 Å². The number of benzene rings is 1. The normalized spacial score (nSPS) is 11.3. The first-order valence-corrected chi connectivity index (χ1v) is 10.5. The van der Waals surface area contributed by atoms with Crippen LogP contribution in [0.2, 0.25) is 0 Å². The second-order valence-electron chi connectivity index (χ2n) is 7.74. The van der Waals surface area contributed by atoms with Crippen LogP contribution < -0.4 is 5.32 Å². The maximum Gasteiger partial charge on any atom is 0.285 e. The van der Waals surface area contributed by atoms with E-state index >= 15 is 0 Å². The Hall–Kier alpha value is -2.98. The van der Waals surface area contributed by atoms with Crippen molar-refractivity contribution < 1.29 is 9.59 Å². The van der Waals surface area contributed by atoms with Crippen molar-refractivity contribution in [2.45, 2.75) is 39.1 Å². The lowest BCUT2D eigenvalue weighted by Gasteiger charge is -2.12. The van der Waals surface area contributed by atoms with Gasteiger partial charge in [-0.2, -0.15) is 5.26 Å². The Kier molecular flexibility index (Phi) is 7.90. The average Bonchev–Trinajstić information content (AvgIpc) is 2.94. The first-order chi connectivity index (χ1) is 14.1. The molecule has 0 saturated heterocycles. The minimum atomic E-state index is -0.462. The number of carbonyl (C=O) groups excluding carboxylic acids is 2. The molecule has 30 heavy (non-hydrogen) atoms. The third-order valence-electron chi connectivity index (χ3n) is 4.51. The zero-order valence-corrected chi connectivity index (χ0v) is 19.1. The van der Waals surface area contributed by atoms with Gasteiger partial charge in [-0.15, -0.1) is 0 Å². The SMILES string of the molecule is Cc1cc(/C=C(\C#N)C(=O)Nc2ccc(SC(=O)N(C)C)cc2)c(C)n1CC(C)C. The Morgan fingerprint density at radius 2 is 1.87 bits per heavy atom. The number of hydrogen-bond donors (Lipinski definition) is 1. The zero-order chi connectivity index (χ0) is 22.4. The molecule has 6 nitrogen and oxygen atoms in total. The number of anilines is 1. The van der Waals surface area contributed by atoms with Gasteiger partial charge in [-0.05, 0) is 73.5 Å². The number of carbonyl (C=O) groups is 2. The number of nitriles is 1. The fraction of sp³-hybridized carbons (Fsp3) is 0.348. The molecule has 0 atom stereocenters. The third kappa shape index (κ3) is 6.01. The highest BCUT2D eigenvalue weighted by Crippen LogP contribution is 2.23. The van der Waals surface area contributed by atoms with E-state index in [4.69, 9.17) is 0 Å². The number of rotatable bonds is 6. The van der Waals surface area contributed by atoms with Gasteiger partial charge in [-0.25, -0.2) is 0 Å². The Morgan fingerprint density at radius 3 is 2.40 bits per heavy atom. The molecule has 7 heteroatoms. The maximum atomic E-state index is 12.6. The van der Waals surface area contributed by atoms with Gasteiger partial charge in [0.15, 0.2) is 0 Å². The van der Waals surface area contributed by atoms with Crippen LogP contribution in [-0.4, -0.2) is 34.7 Å². The molecule has 0 radical (unpaired) electrons. The van der Waals surface area contributed by atoms with E-state index in [1.807, 2.05) is 26.0 Å². The van der Waals surface area contributed by atoms with Crippen molar-refractivity contribution in [1.29, 1.82) is 5.26 Å². The zero-order valence-electron chi connectivity index (χ0n) is 18.3. The first-order valence-electron chi connectivity index (χ1n) is 9.71. The van der Waals surface area contributed by atoms with Crippen molar-refractivity contribution in [3.8, 4) is 6.07 Å². The summed E-state index contributed by atoms with van der Waals surface area (Å²) in [6, 6.07) is 11.0. The number of amides is 2. The number of nitrogens with zero attached hydrogens (tertiary/aromatic N) is 3. The van der Waals surface area contributed by atoms with Crippen LogP contribution in [0.15, 0.2) is 40.8 Å². The molecule has 1 aromatic heterocycles. The van der Waals surface area contributed by atoms with Crippen LogP contribution in [0, 0.1) is 31.1 Å². The Morgan fingerprint density at radius 1 is 1.23 bits per heavy atom. The molecule has 0 fully saturated rings. The van der Waals surface area contributed by atoms with Crippen molar-refractivity contribution in [3.05, 3.63) is 52.9 Å². The smallest absolute Gasteiger partial charge is 0.285 e. The molecule has 0 aliphatic carbocycles. The third-order valence-corrected chi connectivity index (χ3v) is 5.56. The van der Waals surface area contributed by atoms with E-state index in [1.165, 1.54) is 4.90 Å². The van der Waals surface area contributed by atoms with E-state index in [0.29, 0.717) is 11.6 Å². The van der Waals surface area contributed by atoms with E-state index in [1.54, 1.807) is 44.4 Å². The molecule has 0 saturated carbocycles. The molecule has 0 aliphatic heterocycles. The fourth-order valence-corrected chi connectivity index (χ4v) is 3.58. The van der Waals surface area contributed by atoms with Crippen molar-refractivity contribution in [2.24, 2.45) is 5.92 Å². The maximum absolute atomic E-state index is 12.6. The highest BCUT2D eigenvalue weighted by molar-refractivity contribution is 8.13. The number of hydrogen-bond acceptors (Lipinski definition) is 4. The highest BCUT2D eigenvalue weighted by Gasteiger charge is 2.14. The largest absolute Gasteiger partial charge is 0.348 e. The van der Waals surface area contributed by atoms with Crippen molar-refractivity contribution >= 4 is 34.7 Å². The summed E-state index contributed by atoms with van der Waals surface area (Å²) in [4.78, 5) is 26.6. The molecule has 158 valence electrons. The predicted octanol–water partition coefficient (Wildman–Crippen LogP) is 5.08. The second kappa shape index (κ2) is 10.2. The van der Waals surface area contributed by atoms with Crippen molar-refractivity contribution in [1.82, 2.24) is 9.47 Å². The summed E-state index contributed by atoms with van der Waals surface area (Å²) in [5, 5.41) is 12.2. The lowest BCUT2D eigenvalue weighted by Crippen LogP contribution is -2.16. The van der Waals surface area contributed by atoms with Gasteiger partial charge in [0.25, 0.3) is 11.1 Å². The predicted molar refractivity (Wildman–Crippen MR) is 122 cm³/mol. The molecule has 0 bridgehead atoms. The molecule has 2 rings (SSSR count). The molecular formula is C23H28N4O2S. The number of nitrogens with one attached hydrogen (secondary N) is 1. The minimum Gasteiger partial charge on any atom is -0.348 e. The van der Waals surface area contributed by atoms with Crippen molar-refractivity contribution in [2.75, 3.05) is 19.4 Å². The van der Waals surface area contributed by atoms with E-state index in [0.717, 1.165) is 40.2 Å². The van der Waals surface area contributed by atoms with Gasteiger partial charge >= 0.3 is 0 Å². The van der Waals surface area contributed by atoms with Gasteiger partial charge in [-0.3, -0.25) is 9.59 Å². The van der Waals surface area contributed by atoms with Crippen LogP contribution in [0.3, 0.4) is 0 Å². The van der Waals surface area contributed by atoms with Gasteiger partial charge in [0, 0.05) is 42.6 Å². The number of thioether (sulfide) groups is 1. The summed E-state index contributed by atoms with van der Waals surface area (Å²) in [6.45, 7) is 9.23. The van der Waals surface area contributed by atoms with Crippen LogP contribution in [-0.2, 0) is 11.3 Å². The van der Waals surface area contributed by atoms with Crippen LogP contribution in [0.5, 0.6) is 0 Å². The fourth-order valence-electron chi connectivity index (χ4n) is 2.92. The van der Waals surface area contributed by atoms with Gasteiger partial charge in [0.05, 0.1) is 0 Å². The van der Waals surface area contributed by atoms with Crippen molar-refractivity contribution in [3.63, 3.8) is 0 Å². The highest BCUT2D eigenvalue weighted by atomic mass is 32.2. The summed E-state index contributed by atoms with van der Waals surface area (Å²) in [5.41, 5.74) is 3.61. The van der Waals surface area contributed by atoms with Gasteiger partial charge in [-0.1, -0.05) is 13.8 Å². The second-order valence-corrected chi connectivity index (χ2v) is 8.77. The molecule has 0 aliphatic rings. The quantitative estimate of drug-likeness (QED) is 0.398. The monoisotopic (exact) mass is 424 g/mol. The molecular weight excluding hydrogens is 396 g/mol. The molecule has 0 unspecified atom stereocenters. The van der Waals surface area contributed by atoms with Crippen LogP contribution >= 0.6 is 11.8 Å². The van der Waals surface area contributed by atoms with Gasteiger partial charge < -0.3 is 14.8 Å². The summed E-state index contributed by atoms with van der Waals surface area (Å²) < 4.78 is 2.20. The Labute approximate surface area is 182 Å². The minimum absolute atomic E-state index is 0.0426. The lowest BCUT2D eigenvalue weighted by molar-refractivity contribution is -0.112. The molecule has 0 spiro atoms. The topological polar surface area (TPSA) is 78.1 Å².